The molecule has 106 valence electrons. The van der Waals surface area contributed by atoms with Crippen molar-refractivity contribution in [2.75, 3.05) is 5.32 Å². The third kappa shape index (κ3) is 3.17. The van der Waals surface area contributed by atoms with Crippen LogP contribution in [0.1, 0.15) is 22.2 Å². The van der Waals surface area contributed by atoms with E-state index in [0.29, 0.717) is 10.7 Å². The van der Waals surface area contributed by atoms with Gasteiger partial charge in [0.1, 0.15) is 0 Å². The van der Waals surface area contributed by atoms with Crippen molar-refractivity contribution in [3.63, 3.8) is 0 Å². The summed E-state index contributed by atoms with van der Waals surface area (Å²) < 4.78 is 0. The summed E-state index contributed by atoms with van der Waals surface area (Å²) in [4.78, 5) is 22.9. The Kier molecular flexibility index (Phi) is 4.08. The van der Waals surface area contributed by atoms with Gasteiger partial charge in [0.25, 0.3) is 5.91 Å². The first-order chi connectivity index (χ1) is 10.3. The third-order valence-electron chi connectivity index (χ3n) is 2.91. The summed E-state index contributed by atoms with van der Waals surface area (Å²) >= 11 is 3.16. The van der Waals surface area contributed by atoms with Gasteiger partial charge in [-0.1, -0.05) is 6.92 Å². The van der Waals surface area contributed by atoms with Crippen molar-refractivity contribution in [1.29, 1.82) is 0 Å². The van der Waals surface area contributed by atoms with Gasteiger partial charge in [0, 0.05) is 22.7 Å². The highest BCUT2D eigenvalue weighted by Crippen LogP contribution is 2.31. The van der Waals surface area contributed by atoms with Crippen molar-refractivity contribution in [2.45, 2.75) is 13.3 Å². The van der Waals surface area contributed by atoms with Crippen molar-refractivity contribution < 1.29 is 4.79 Å². The number of rotatable bonds is 4. The zero-order chi connectivity index (χ0) is 14.7. The topological polar surface area (TPSA) is 54.9 Å². The van der Waals surface area contributed by atoms with Gasteiger partial charge in [-0.3, -0.25) is 15.1 Å². The number of hydrogen-bond acceptors (Lipinski definition) is 5. The second kappa shape index (κ2) is 6.15. The molecule has 0 unspecified atom stereocenters. The SMILES string of the molecule is CCc1ccc(-c2csc(NC(=O)c3cccnc3)n2)s1. The van der Waals surface area contributed by atoms with Crippen molar-refractivity contribution in [3.05, 3.63) is 52.5 Å². The van der Waals surface area contributed by atoms with Crippen LogP contribution in [0.25, 0.3) is 10.6 Å². The Balaban J connectivity index is 1.75. The lowest BCUT2D eigenvalue weighted by Gasteiger charge is -2.00. The Morgan fingerprint density at radius 3 is 2.95 bits per heavy atom. The molecule has 4 nitrogen and oxygen atoms in total. The molecular formula is C15H13N3OS2. The number of thiazole rings is 1. The fourth-order valence-corrected chi connectivity index (χ4v) is 3.50. The molecule has 3 heterocycles. The van der Waals surface area contributed by atoms with Crippen molar-refractivity contribution >= 4 is 33.7 Å². The summed E-state index contributed by atoms with van der Waals surface area (Å²) in [5.74, 6) is -0.190. The molecule has 3 aromatic rings. The van der Waals surface area contributed by atoms with Crippen LogP contribution < -0.4 is 5.32 Å². The van der Waals surface area contributed by atoms with Crippen LogP contribution in [0.4, 0.5) is 5.13 Å². The number of amides is 1. The predicted molar refractivity (Wildman–Crippen MR) is 87.0 cm³/mol. The molecule has 1 amide bonds. The maximum absolute atomic E-state index is 12.0. The average molecular weight is 315 g/mol. The maximum atomic E-state index is 12.0. The molecular weight excluding hydrogens is 302 g/mol. The molecule has 0 fully saturated rings. The molecule has 0 saturated carbocycles. The van der Waals surface area contributed by atoms with Crippen LogP contribution in [0.15, 0.2) is 42.0 Å². The molecule has 0 atom stereocenters. The van der Waals surface area contributed by atoms with Crippen LogP contribution in [-0.4, -0.2) is 15.9 Å². The smallest absolute Gasteiger partial charge is 0.259 e. The summed E-state index contributed by atoms with van der Waals surface area (Å²) in [5, 5.41) is 5.37. The van der Waals surface area contributed by atoms with E-state index in [1.165, 1.54) is 22.4 Å². The van der Waals surface area contributed by atoms with Gasteiger partial charge in [0.05, 0.1) is 16.1 Å². The minimum atomic E-state index is -0.190. The second-order valence-electron chi connectivity index (χ2n) is 4.35. The highest BCUT2D eigenvalue weighted by Gasteiger charge is 2.11. The van der Waals surface area contributed by atoms with Gasteiger partial charge in [-0.05, 0) is 30.7 Å². The molecule has 0 aliphatic heterocycles. The minimum absolute atomic E-state index is 0.190. The van der Waals surface area contributed by atoms with E-state index in [9.17, 15) is 4.79 Å². The van der Waals surface area contributed by atoms with E-state index in [2.05, 4.69) is 34.3 Å². The van der Waals surface area contributed by atoms with Gasteiger partial charge in [-0.25, -0.2) is 4.98 Å². The van der Waals surface area contributed by atoms with E-state index in [0.717, 1.165) is 17.0 Å². The molecule has 0 saturated heterocycles. The van der Waals surface area contributed by atoms with E-state index >= 15 is 0 Å². The Hall–Kier alpha value is -2.05. The molecule has 0 aromatic carbocycles. The lowest BCUT2D eigenvalue weighted by Crippen LogP contribution is -2.11. The summed E-state index contributed by atoms with van der Waals surface area (Å²) in [7, 11) is 0. The van der Waals surface area contributed by atoms with Gasteiger partial charge < -0.3 is 0 Å². The number of nitrogens with one attached hydrogen (secondary N) is 1. The summed E-state index contributed by atoms with van der Waals surface area (Å²) in [6.07, 6.45) is 4.20. The van der Waals surface area contributed by atoms with E-state index in [1.807, 2.05) is 5.38 Å². The number of aromatic nitrogens is 2. The van der Waals surface area contributed by atoms with Gasteiger partial charge >= 0.3 is 0 Å². The first-order valence-electron chi connectivity index (χ1n) is 6.52. The van der Waals surface area contributed by atoms with Gasteiger partial charge in [0.2, 0.25) is 0 Å². The Morgan fingerprint density at radius 2 is 2.24 bits per heavy atom. The number of carbonyl (C=O) groups is 1. The number of hydrogen-bond donors (Lipinski definition) is 1. The predicted octanol–water partition coefficient (Wildman–Crippen LogP) is 4.08. The van der Waals surface area contributed by atoms with E-state index < -0.39 is 0 Å². The third-order valence-corrected chi connectivity index (χ3v) is 4.92. The molecule has 0 aliphatic rings. The Bertz CT molecular complexity index is 749. The minimum Gasteiger partial charge on any atom is -0.298 e. The van der Waals surface area contributed by atoms with Crippen LogP contribution in [0.5, 0.6) is 0 Å². The average Bonchev–Trinajstić information content (AvgIpc) is 3.16. The van der Waals surface area contributed by atoms with Crippen molar-refractivity contribution in [1.82, 2.24) is 9.97 Å². The maximum Gasteiger partial charge on any atom is 0.259 e. The van der Waals surface area contributed by atoms with Crippen LogP contribution in [0.3, 0.4) is 0 Å². The van der Waals surface area contributed by atoms with Gasteiger partial charge in [0.15, 0.2) is 5.13 Å². The number of anilines is 1. The standard InChI is InChI=1S/C15H13N3OS2/c1-2-11-5-6-13(21-11)12-9-20-15(17-12)18-14(19)10-4-3-7-16-8-10/h3-9H,2H2,1H3,(H,17,18,19). The molecule has 0 bridgehead atoms. The Morgan fingerprint density at radius 1 is 1.33 bits per heavy atom. The fraction of sp³-hybridized carbons (Fsp3) is 0.133. The van der Waals surface area contributed by atoms with Crippen LogP contribution in [0, 0.1) is 0 Å². The van der Waals surface area contributed by atoms with Gasteiger partial charge in [-0.2, -0.15) is 0 Å². The van der Waals surface area contributed by atoms with Crippen molar-refractivity contribution in [2.24, 2.45) is 0 Å². The summed E-state index contributed by atoms with van der Waals surface area (Å²) in [6, 6.07) is 7.66. The first kappa shape index (κ1) is 13.9. The largest absolute Gasteiger partial charge is 0.298 e. The molecule has 1 N–H and O–H groups in total. The summed E-state index contributed by atoms with van der Waals surface area (Å²) in [5.41, 5.74) is 1.44. The van der Waals surface area contributed by atoms with E-state index in [-0.39, 0.29) is 5.91 Å². The molecule has 3 rings (SSSR count). The molecule has 0 aliphatic carbocycles. The highest BCUT2D eigenvalue weighted by atomic mass is 32.1. The van der Waals surface area contributed by atoms with Crippen LogP contribution in [-0.2, 0) is 6.42 Å². The van der Waals surface area contributed by atoms with E-state index in [1.54, 1.807) is 29.7 Å². The highest BCUT2D eigenvalue weighted by molar-refractivity contribution is 7.17. The monoisotopic (exact) mass is 315 g/mol. The zero-order valence-electron chi connectivity index (χ0n) is 11.4. The quantitative estimate of drug-likeness (QED) is 0.789. The first-order valence-corrected chi connectivity index (χ1v) is 8.22. The zero-order valence-corrected chi connectivity index (χ0v) is 13.0. The fourth-order valence-electron chi connectivity index (χ4n) is 1.82. The second-order valence-corrected chi connectivity index (χ2v) is 6.38. The molecule has 0 radical (unpaired) electrons. The number of pyridine rings is 1. The lowest BCUT2D eigenvalue weighted by molar-refractivity contribution is 0.102. The number of nitrogens with zero attached hydrogens (tertiary/aromatic N) is 2. The summed E-state index contributed by atoms with van der Waals surface area (Å²) in [6.45, 7) is 2.14. The number of thiophene rings is 1. The molecule has 21 heavy (non-hydrogen) atoms. The number of carbonyl (C=O) groups excluding carboxylic acids is 1. The van der Waals surface area contributed by atoms with Crippen LogP contribution >= 0.6 is 22.7 Å². The molecule has 6 heteroatoms. The number of aryl methyl sites for hydroxylation is 1. The van der Waals surface area contributed by atoms with Crippen molar-refractivity contribution in [3.8, 4) is 10.6 Å². The van der Waals surface area contributed by atoms with E-state index in [4.69, 9.17) is 0 Å². The normalized spacial score (nSPS) is 10.5. The van der Waals surface area contributed by atoms with Gasteiger partial charge in [-0.15, -0.1) is 22.7 Å². The molecule has 3 aromatic heterocycles. The lowest BCUT2D eigenvalue weighted by atomic mass is 10.3. The van der Waals surface area contributed by atoms with Crippen LogP contribution in [0.2, 0.25) is 0 Å². The Labute approximate surface area is 130 Å². The molecule has 0 spiro atoms.